The van der Waals surface area contributed by atoms with Gasteiger partial charge in [0.1, 0.15) is 0 Å². The van der Waals surface area contributed by atoms with Gasteiger partial charge in [-0.3, -0.25) is 18.8 Å². The Balaban J connectivity index is 1.93. The molecule has 0 N–H and O–H groups in total. The lowest BCUT2D eigenvalue weighted by Gasteiger charge is -2.36. The first-order chi connectivity index (χ1) is 11.0. The van der Waals surface area contributed by atoms with E-state index in [1.807, 2.05) is 19.3 Å². The maximum absolute atomic E-state index is 12.1. The Bertz CT molecular complexity index is 817. The summed E-state index contributed by atoms with van der Waals surface area (Å²) in [6, 6.07) is 5.74. The largest absolute Gasteiger partial charge is 0.378 e. The first-order valence-corrected chi connectivity index (χ1v) is 7.68. The zero-order valence-electron chi connectivity index (χ0n) is 13.7. The lowest BCUT2D eigenvalue weighted by molar-refractivity contribution is -0.0162. The van der Waals surface area contributed by atoms with Gasteiger partial charge in [0.25, 0.3) is 5.56 Å². The van der Waals surface area contributed by atoms with Crippen LogP contribution in [0.25, 0.3) is 0 Å². The Morgan fingerprint density at radius 1 is 1.22 bits per heavy atom. The molecule has 2 aromatic heterocycles. The topological polar surface area (TPSA) is 61.4 Å². The maximum atomic E-state index is 12.1. The van der Waals surface area contributed by atoms with E-state index < -0.39 is 0 Å². The molecule has 1 saturated heterocycles. The molecular formula is C16H22N4O3. The first-order valence-electron chi connectivity index (χ1n) is 7.68. The molecule has 23 heavy (non-hydrogen) atoms. The van der Waals surface area contributed by atoms with Gasteiger partial charge in [-0.1, -0.05) is 0 Å². The van der Waals surface area contributed by atoms with E-state index in [2.05, 4.69) is 15.5 Å². The highest BCUT2D eigenvalue weighted by Gasteiger charge is 2.27. The minimum absolute atomic E-state index is 0.114. The van der Waals surface area contributed by atoms with Gasteiger partial charge in [0.05, 0.1) is 19.3 Å². The van der Waals surface area contributed by atoms with Gasteiger partial charge in [0.2, 0.25) is 0 Å². The van der Waals surface area contributed by atoms with Crippen molar-refractivity contribution in [1.82, 2.24) is 18.6 Å². The third-order valence-electron chi connectivity index (χ3n) is 4.56. The predicted octanol–water partition coefficient (Wildman–Crippen LogP) is -0.00400. The molecule has 1 aliphatic rings. The third-order valence-corrected chi connectivity index (χ3v) is 4.56. The molecule has 0 saturated carbocycles. The van der Waals surface area contributed by atoms with Crippen molar-refractivity contribution in [2.24, 2.45) is 21.1 Å². The molecule has 2 aromatic rings. The molecule has 1 aliphatic heterocycles. The Hall–Kier alpha value is -2.12. The predicted molar refractivity (Wildman–Crippen MR) is 86.3 cm³/mol. The van der Waals surface area contributed by atoms with Crippen molar-refractivity contribution in [3.63, 3.8) is 0 Å². The zero-order valence-corrected chi connectivity index (χ0v) is 13.7. The van der Waals surface area contributed by atoms with Crippen molar-refractivity contribution < 1.29 is 4.74 Å². The van der Waals surface area contributed by atoms with E-state index in [9.17, 15) is 9.59 Å². The third kappa shape index (κ3) is 2.89. The average Bonchev–Trinajstić information content (AvgIpc) is 2.97. The van der Waals surface area contributed by atoms with E-state index in [-0.39, 0.29) is 17.3 Å². The second-order valence-electron chi connectivity index (χ2n) is 5.98. The molecular weight excluding hydrogens is 296 g/mol. The molecule has 0 bridgehead atoms. The summed E-state index contributed by atoms with van der Waals surface area (Å²) in [4.78, 5) is 26.3. The second-order valence-corrected chi connectivity index (χ2v) is 5.98. The number of hydrogen-bond acceptors (Lipinski definition) is 4. The highest BCUT2D eigenvalue weighted by atomic mass is 16.5. The van der Waals surface area contributed by atoms with Gasteiger partial charge in [0, 0.05) is 57.9 Å². The summed E-state index contributed by atoms with van der Waals surface area (Å²) in [6.07, 6.45) is 2.01. The lowest BCUT2D eigenvalue weighted by atomic mass is 10.1. The fourth-order valence-corrected chi connectivity index (χ4v) is 3.06. The second kappa shape index (κ2) is 6.17. The summed E-state index contributed by atoms with van der Waals surface area (Å²) in [5, 5.41) is 0. The number of hydrogen-bond donors (Lipinski definition) is 0. The van der Waals surface area contributed by atoms with E-state index in [1.54, 1.807) is 17.7 Å². The van der Waals surface area contributed by atoms with Crippen LogP contribution in [0, 0.1) is 0 Å². The summed E-state index contributed by atoms with van der Waals surface area (Å²) in [6.45, 7) is 2.57. The van der Waals surface area contributed by atoms with Crippen molar-refractivity contribution in [2.45, 2.75) is 12.6 Å². The molecule has 124 valence electrons. The number of aromatic nitrogens is 3. The highest BCUT2D eigenvalue weighted by Crippen LogP contribution is 2.25. The van der Waals surface area contributed by atoms with Gasteiger partial charge in [-0.15, -0.1) is 0 Å². The van der Waals surface area contributed by atoms with Gasteiger partial charge >= 0.3 is 5.69 Å². The fourth-order valence-electron chi connectivity index (χ4n) is 3.06. The van der Waals surface area contributed by atoms with Gasteiger partial charge in [0.15, 0.2) is 0 Å². The molecule has 7 heteroatoms. The Labute approximate surface area is 134 Å². The van der Waals surface area contributed by atoms with Crippen LogP contribution in [0.5, 0.6) is 0 Å². The van der Waals surface area contributed by atoms with E-state index in [1.165, 1.54) is 12.7 Å². The number of ether oxygens (including phenoxy) is 1. The van der Waals surface area contributed by atoms with Crippen LogP contribution in [-0.4, -0.2) is 38.4 Å². The molecule has 0 aliphatic carbocycles. The smallest absolute Gasteiger partial charge is 0.330 e. The summed E-state index contributed by atoms with van der Waals surface area (Å²) < 4.78 is 10.4. The number of nitrogens with zero attached hydrogens (tertiary/aromatic N) is 4. The van der Waals surface area contributed by atoms with Gasteiger partial charge in [-0.25, -0.2) is 4.79 Å². The zero-order chi connectivity index (χ0) is 16.6. The molecule has 0 amide bonds. The van der Waals surface area contributed by atoms with E-state index >= 15 is 0 Å². The minimum Gasteiger partial charge on any atom is -0.378 e. The van der Waals surface area contributed by atoms with Crippen LogP contribution in [-0.2, 0) is 32.4 Å². The summed E-state index contributed by atoms with van der Waals surface area (Å²) >= 11 is 0. The van der Waals surface area contributed by atoms with Gasteiger partial charge < -0.3 is 9.30 Å². The van der Waals surface area contributed by atoms with Crippen LogP contribution >= 0.6 is 0 Å². The standard InChI is InChI=1S/C16H22N4O3/c1-17-6-4-5-13(17)14-11-23-8-7-20(14)10-12-9-15(21)19(3)16(22)18(12)2/h4-6,9,14H,7-8,10-11H2,1-3H3. The summed E-state index contributed by atoms with van der Waals surface area (Å²) in [5.74, 6) is 0. The normalized spacial score (nSPS) is 19.2. The molecule has 3 heterocycles. The van der Waals surface area contributed by atoms with Crippen LogP contribution in [0.15, 0.2) is 34.0 Å². The van der Waals surface area contributed by atoms with Crippen LogP contribution in [0.3, 0.4) is 0 Å². The van der Waals surface area contributed by atoms with E-state index in [0.29, 0.717) is 19.8 Å². The van der Waals surface area contributed by atoms with E-state index in [0.717, 1.165) is 16.8 Å². The Morgan fingerprint density at radius 3 is 2.70 bits per heavy atom. The monoisotopic (exact) mass is 318 g/mol. The molecule has 1 unspecified atom stereocenters. The maximum Gasteiger partial charge on any atom is 0.330 e. The number of aryl methyl sites for hydroxylation is 1. The van der Waals surface area contributed by atoms with Crippen molar-refractivity contribution in [1.29, 1.82) is 0 Å². The fraction of sp³-hybridized carbons (Fsp3) is 0.500. The minimum atomic E-state index is -0.295. The number of morpholine rings is 1. The SMILES string of the molecule is Cn1cccc1C1COCCN1Cc1cc(=O)n(C)c(=O)n1C. The molecule has 7 nitrogen and oxygen atoms in total. The van der Waals surface area contributed by atoms with Crippen LogP contribution in [0.1, 0.15) is 17.4 Å². The van der Waals surface area contributed by atoms with Crippen LogP contribution in [0.2, 0.25) is 0 Å². The lowest BCUT2D eigenvalue weighted by Crippen LogP contribution is -2.43. The van der Waals surface area contributed by atoms with Crippen LogP contribution in [0.4, 0.5) is 0 Å². The van der Waals surface area contributed by atoms with Crippen molar-refractivity contribution in [2.75, 3.05) is 19.8 Å². The molecule has 1 fully saturated rings. The Morgan fingerprint density at radius 2 is 2.00 bits per heavy atom. The van der Waals surface area contributed by atoms with Crippen molar-refractivity contribution in [3.05, 3.63) is 56.6 Å². The van der Waals surface area contributed by atoms with Crippen LogP contribution < -0.4 is 11.2 Å². The van der Waals surface area contributed by atoms with Crippen molar-refractivity contribution in [3.8, 4) is 0 Å². The first kappa shape index (κ1) is 15.8. The molecule has 3 rings (SSSR count). The average molecular weight is 318 g/mol. The summed E-state index contributed by atoms with van der Waals surface area (Å²) in [5.41, 5.74) is 1.32. The number of rotatable bonds is 3. The molecule has 0 radical (unpaired) electrons. The Kier molecular flexibility index (Phi) is 4.23. The highest BCUT2D eigenvalue weighted by molar-refractivity contribution is 5.13. The molecule has 0 aromatic carbocycles. The van der Waals surface area contributed by atoms with E-state index in [4.69, 9.17) is 4.74 Å². The molecule has 1 atom stereocenters. The quantitative estimate of drug-likeness (QED) is 0.799. The summed E-state index contributed by atoms with van der Waals surface area (Å²) in [7, 11) is 5.21. The van der Waals surface area contributed by atoms with Gasteiger partial charge in [-0.2, -0.15) is 0 Å². The van der Waals surface area contributed by atoms with Crippen molar-refractivity contribution >= 4 is 0 Å². The van der Waals surface area contributed by atoms with Gasteiger partial charge in [-0.05, 0) is 12.1 Å². The molecule has 0 spiro atoms.